The molecule has 0 amide bonds. The van der Waals surface area contributed by atoms with Gasteiger partial charge in [0.15, 0.2) is 4.90 Å². The number of nitro groups is 1. The summed E-state index contributed by atoms with van der Waals surface area (Å²) in [6.45, 7) is 3.49. The van der Waals surface area contributed by atoms with Gasteiger partial charge in [-0.05, 0) is 26.5 Å². The van der Waals surface area contributed by atoms with Crippen LogP contribution in [0.15, 0.2) is 23.1 Å². The van der Waals surface area contributed by atoms with Crippen molar-refractivity contribution in [2.75, 3.05) is 13.6 Å². The van der Waals surface area contributed by atoms with E-state index in [0.717, 1.165) is 0 Å². The van der Waals surface area contributed by atoms with E-state index in [9.17, 15) is 18.5 Å². The molecule has 0 fully saturated rings. The third kappa shape index (κ3) is 4.41. The molecule has 7 nitrogen and oxygen atoms in total. The Morgan fingerprint density at radius 2 is 2.00 bits per heavy atom. The van der Waals surface area contributed by atoms with Crippen LogP contribution in [0.5, 0.6) is 0 Å². The Bertz CT molecular complexity index is 577. The molecule has 1 rings (SSSR count). The first-order chi connectivity index (χ1) is 8.79. The number of aryl methyl sites for hydroxylation is 1. The van der Waals surface area contributed by atoms with Gasteiger partial charge < -0.3 is 5.32 Å². The van der Waals surface area contributed by atoms with Crippen LogP contribution in [-0.2, 0) is 10.0 Å². The van der Waals surface area contributed by atoms with Gasteiger partial charge in [0.2, 0.25) is 10.0 Å². The topological polar surface area (TPSA) is 101 Å². The summed E-state index contributed by atoms with van der Waals surface area (Å²) in [4.78, 5) is 9.95. The van der Waals surface area contributed by atoms with Crippen LogP contribution in [0.25, 0.3) is 0 Å². The lowest BCUT2D eigenvalue weighted by atomic mass is 10.2. The predicted octanol–water partition coefficient (Wildman–Crippen LogP) is 1.21. The number of sulfonamides is 1. The van der Waals surface area contributed by atoms with E-state index in [4.69, 9.17) is 0 Å². The Kier molecular flexibility index (Phi) is 7.07. The van der Waals surface area contributed by atoms with Gasteiger partial charge in [-0.25, -0.2) is 13.1 Å². The Hall–Kier alpha value is -1.22. The van der Waals surface area contributed by atoms with Crippen molar-refractivity contribution in [2.24, 2.45) is 0 Å². The lowest BCUT2D eigenvalue weighted by Gasteiger charge is -2.13. The lowest BCUT2D eigenvalue weighted by molar-refractivity contribution is -0.387. The summed E-state index contributed by atoms with van der Waals surface area (Å²) in [6.07, 6.45) is 0. The molecular weight excluding hydrogens is 306 g/mol. The fraction of sp³-hybridized carbons (Fsp3) is 0.455. The molecule has 9 heteroatoms. The molecule has 1 aromatic rings. The van der Waals surface area contributed by atoms with Crippen LogP contribution in [0.1, 0.15) is 12.5 Å². The van der Waals surface area contributed by atoms with Gasteiger partial charge >= 0.3 is 0 Å². The van der Waals surface area contributed by atoms with E-state index in [-0.39, 0.29) is 29.9 Å². The summed E-state index contributed by atoms with van der Waals surface area (Å²) in [5.41, 5.74) is -0.0663. The highest BCUT2D eigenvalue weighted by molar-refractivity contribution is 7.89. The molecule has 0 saturated heterocycles. The Morgan fingerprint density at radius 1 is 1.40 bits per heavy atom. The predicted molar refractivity (Wildman–Crippen MR) is 78.8 cm³/mol. The van der Waals surface area contributed by atoms with E-state index in [1.807, 2.05) is 0 Å². The fourth-order valence-electron chi connectivity index (χ4n) is 1.54. The van der Waals surface area contributed by atoms with Gasteiger partial charge in [-0.1, -0.05) is 12.1 Å². The Labute approximate surface area is 124 Å². The zero-order chi connectivity index (χ0) is 14.6. The van der Waals surface area contributed by atoms with Gasteiger partial charge in [0.1, 0.15) is 0 Å². The molecule has 114 valence electrons. The quantitative estimate of drug-likeness (QED) is 0.605. The van der Waals surface area contributed by atoms with Crippen molar-refractivity contribution in [3.8, 4) is 0 Å². The molecule has 0 spiro atoms. The summed E-state index contributed by atoms with van der Waals surface area (Å²) in [5.74, 6) is 0. The van der Waals surface area contributed by atoms with Crippen LogP contribution in [0.3, 0.4) is 0 Å². The number of rotatable bonds is 6. The molecule has 0 aliphatic carbocycles. The van der Waals surface area contributed by atoms with Crippen molar-refractivity contribution in [2.45, 2.75) is 24.8 Å². The number of nitro benzene ring substituents is 1. The molecule has 0 aliphatic rings. The van der Waals surface area contributed by atoms with E-state index in [1.54, 1.807) is 14.0 Å². The third-order valence-corrected chi connectivity index (χ3v) is 4.34. The van der Waals surface area contributed by atoms with Gasteiger partial charge in [-0.15, -0.1) is 12.4 Å². The van der Waals surface area contributed by atoms with Gasteiger partial charge in [-0.2, -0.15) is 0 Å². The van der Waals surface area contributed by atoms with Crippen molar-refractivity contribution in [1.82, 2.24) is 10.0 Å². The minimum absolute atomic E-state index is 0. The molecule has 0 bridgehead atoms. The Balaban J connectivity index is 0.00000361. The molecule has 0 aromatic heterocycles. The maximum absolute atomic E-state index is 12.2. The van der Waals surface area contributed by atoms with Crippen molar-refractivity contribution in [1.29, 1.82) is 0 Å². The van der Waals surface area contributed by atoms with Crippen LogP contribution in [0, 0.1) is 17.0 Å². The number of benzene rings is 1. The molecule has 20 heavy (non-hydrogen) atoms. The van der Waals surface area contributed by atoms with Crippen molar-refractivity contribution in [3.05, 3.63) is 33.9 Å². The highest BCUT2D eigenvalue weighted by atomic mass is 35.5. The minimum atomic E-state index is -3.90. The Morgan fingerprint density at radius 3 is 2.50 bits per heavy atom. The first-order valence-electron chi connectivity index (χ1n) is 5.70. The van der Waals surface area contributed by atoms with E-state index in [2.05, 4.69) is 10.0 Å². The SMILES string of the molecule is CNC(C)CNS(=O)(=O)c1c(C)cccc1[N+](=O)[O-].Cl. The number of nitrogens with one attached hydrogen (secondary N) is 2. The van der Waals surface area contributed by atoms with Crippen molar-refractivity contribution in [3.63, 3.8) is 0 Å². The number of nitrogens with zero attached hydrogens (tertiary/aromatic N) is 1. The number of hydrogen-bond acceptors (Lipinski definition) is 5. The molecule has 1 atom stereocenters. The average molecular weight is 324 g/mol. The number of halogens is 1. The molecule has 0 radical (unpaired) electrons. The van der Waals surface area contributed by atoms with Crippen molar-refractivity contribution >= 4 is 28.1 Å². The summed E-state index contributed by atoms with van der Waals surface area (Å²) < 4.78 is 26.7. The van der Waals surface area contributed by atoms with Gasteiger partial charge in [-0.3, -0.25) is 10.1 Å². The number of likely N-dealkylation sites (N-methyl/N-ethyl adjacent to an activating group) is 1. The fourth-order valence-corrected chi connectivity index (χ4v) is 3.06. The van der Waals surface area contributed by atoms with Crippen LogP contribution in [0.2, 0.25) is 0 Å². The standard InChI is InChI=1S/C11H17N3O4S.ClH/c1-8-5-4-6-10(14(15)16)11(8)19(17,18)13-7-9(2)12-3;/h4-6,9,12-13H,7H2,1-3H3;1H. The molecule has 0 heterocycles. The first kappa shape index (κ1) is 18.8. The van der Waals surface area contributed by atoms with E-state index >= 15 is 0 Å². The first-order valence-corrected chi connectivity index (χ1v) is 7.19. The summed E-state index contributed by atoms with van der Waals surface area (Å²) in [6, 6.07) is 4.10. The summed E-state index contributed by atoms with van der Waals surface area (Å²) in [5, 5.41) is 13.8. The van der Waals surface area contributed by atoms with Crippen LogP contribution >= 0.6 is 12.4 Å². The molecule has 2 N–H and O–H groups in total. The monoisotopic (exact) mass is 323 g/mol. The maximum Gasteiger partial charge on any atom is 0.289 e. The van der Waals surface area contributed by atoms with E-state index < -0.39 is 20.6 Å². The van der Waals surface area contributed by atoms with Crippen LogP contribution in [0.4, 0.5) is 5.69 Å². The largest absolute Gasteiger partial charge is 0.316 e. The van der Waals surface area contributed by atoms with Crippen LogP contribution in [-0.4, -0.2) is 33.0 Å². The second kappa shape index (κ2) is 7.53. The van der Waals surface area contributed by atoms with Crippen LogP contribution < -0.4 is 10.0 Å². The normalized spacial score (nSPS) is 12.6. The van der Waals surface area contributed by atoms with Gasteiger partial charge in [0.05, 0.1) is 4.92 Å². The molecule has 0 aliphatic heterocycles. The maximum atomic E-state index is 12.2. The van der Waals surface area contributed by atoms with E-state index in [1.165, 1.54) is 25.1 Å². The van der Waals surface area contributed by atoms with Gasteiger partial charge in [0, 0.05) is 18.7 Å². The smallest absolute Gasteiger partial charge is 0.289 e. The highest BCUT2D eigenvalue weighted by Crippen LogP contribution is 2.26. The molecule has 1 unspecified atom stereocenters. The van der Waals surface area contributed by atoms with Crippen molar-refractivity contribution < 1.29 is 13.3 Å². The zero-order valence-electron chi connectivity index (χ0n) is 11.4. The summed E-state index contributed by atoms with van der Waals surface area (Å²) >= 11 is 0. The third-order valence-electron chi connectivity index (χ3n) is 2.73. The zero-order valence-corrected chi connectivity index (χ0v) is 13.0. The minimum Gasteiger partial charge on any atom is -0.316 e. The molecular formula is C11H18ClN3O4S. The number of hydrogen-bond donors (Lipinski definition) is 2. The second-order valence-electron chi connectivity index (χ2n) is 4.22. The summed E-state index contributed by atoms with van der Waals surface area (Å²) in [7, 11) is -2.20. The average Bonchev–Trinajstić information content (AvgIpc) is 2.35. The molecule has 0 saturated carbocycles. The highest BCUT2D eigenvalue weighted by Gasteiger charge is 2.27. The molecule has 1 aromatic carbocycles. The lowest BCUT2D eigenvalue weighted by Crippen LogP contribution is -2.37. The van der Waals surface area contributed by atoms with E-state index in [0.29, 0.717) is 5.56 Å². The van der Waals surface area contributed by atoms with Gasteiger partial charge in [0.25, 0.3) is 5.69 Å². The second-order valence-corrected chi connectivity index (χ2v) is 5.93.